The van der Waals surface area contributed by atoms with E-state index in [9.17, 15) is 0 Å². The van der Waals surface area contributed by atoms with Crippen molar-refractivity contribution in [3.8, 4) is 0 Å². The molecule has 2 nitrogen and oxygen atoms in total. The molecule has 0 radical (unpaired) electrons. The quantitative estimate of drug-likeness (QED) is 0.898. The molecule has 0 unspecified atom stereocenters. The lowest BCUT2D eigenvalue weighted by Gasteiger charge is -2.18. The van der Waals surface area contributed by atoms with Gasteiger partial charge in [0.1, 0.15) is 5.76 Å². The Balaban J connectivity index is 2.35. The molecular weight excluding hydrogens is 242 g/mol. The maximum absolute atomic E-state index is 5.32. The van der Waals surface area contributed by atoms with Crippen molar-refractivity contribution in [2.75, 3.05) is 6.54 Å². The fourth-order valence-electron chi connectivity index (χ4n) is 0.958. The Labute approximate surface area is 93.5 Å². The first kappa shape index (κ1) is 11.5. The Kier molecular flexibility index (Phi) is 3.96. The molecule has 0 fully saturated rings. The summed E-state index contributed by atoms with van der Waals surface area (Å²) in [4.78, 5) is 0. The molecule has 0 atom stereocenters. The van der Waals surface area contributed by atoms with Gasteiger partial charge in [0.2, 0.25) is 0 Å². The van der Waals surface area contributed by atoms with Gasteiger partial charge in [-0.2, -0.15) is 0 Å². The number of nitrogens with one attached hydrogen (secondary N) is 1. The summed E-state index contributed by atoms with van der Waals surface area (Å²) in [5.41, 5.74) is 0.161. The normalized spacial score (nSPS) is 12.6. The van der Waals surface area contributed by atoms with Gasteiger partial charge in [-0.15, -0.1) is 0 Å². The average molecular weight is 258 g/mol. The topological polar surface area (TPSA) is 25.2 Å². The third-order valence-electron chi connectivity index (χ3n) is 1.63. The predicted octanol–water partition coefficient (Wildman–Crippen LogP) is 3.44. The van der Waals surface area contributed by atoms with Crippen molar-refractivity contribution in [1.82, 2.24) is 5.32 Å². The smallest absolute Gasteiger partial charge is 0.169 e. The van der Waals surface area contributed by atoms with Crippen molar-refractivity contribution in [3.63, 3.8) is 0 Å². The van der Waals surface area contributed by atoms with Crippen LogP contribution in [0.4, 0.5) is 0 Å². The van der Waals surface area contributed by atoms with Crippen molar-refractivity contribution in [2.24, 2.45) is 0 Å². The van der Waals surface area contributed by atoms with Crippen molar-refractivity contribution in [3.05, 3.63) is 28.6 Å². The highest BCUT2D eigenvalue weighted by atomic mass is 79.9. The molecule has 0 aliphatic heterocycles. The van der Waals surface area contributed by atoms with Gasteiger partial charge in [-0.05, 0) is 54.9 Å². The molecule has 1 N–H and O–H groups in total. The lowest BCUT2D eigenvalue weighted by Crippen LogP contribution is -2.35. The average Bonchev–Trinajstić information content (AvgIpc) is 2.44. The van der Waals surface area contributed by atoms with Crippen molar-refractivity contribution >= 4 is 22.0 Å². The summed E-state index contributed by atoms with van der Waals surface area (Å²) in [6, 6.07) is 3.81. The number of hydrogen-bond acceptors (Lipinski definition) is 2. The van der Waals surface area contributed by atoms with Gasteiger partial charge in [0, 0.05) is 12.1 Å². The minimum Gasteiger partial charge on any atom is -0.450 e. The summed E-state index contributed by atoms with van der Waals surface area (Å²) in [6.07, 6.45) is 4.01. The minimum atomic E-state index is 0.161. The lowest BCUT2D eigenvalue weighted by atomic mass is 10.1. The lowest BCUT2D eigenvalue weighted by molar-refractivity contribution is 0.449. The SMILES string of the molecule is CC(C)(C)NCC=Cc1ccc(Br)o1. The zero-order chi connectivity index (χ0) is 10.6. The second kappa shape index (κ2) is 4.80. The highest BCUT2D eigenvalue weighted by molar-refractivity contribution is 9.10. The fourth-order valence-corrected chi connectivity index (χ4v) is 1.28. The Hall–Kier alpha value is -0.540. The van der Waals surface area contributed by atoms with Gasteiger partial charge < -0.3 is 9.73 Å². The van der Waals surface area contributed by atoms with Crippen LogP contribution in [0.15, 0.2) is 27.3 Å². The van der Waals surface area contributed by atoms with Crippen LogP contribution in [-0.2, 0) is 0 Å². The van der Waals surface area contributed by atoms with E-state index in [4.69, 9.17) is 4.42 Å². The first-order valence-electron chi connectivity index (χ1n) is 4.64. The maximum Gasteiger partial charge on any atom is 0.169 e. The second-order valence-corrected chi connectivity index (χ2v) is 4.96. The molecule has 14 heavy (non-hydrogen) atoms. The summed E-state index contributed by atoms with van der Waals surface area (Å²) in [7, 11) is 0. The van der Waals surface area contributed by atoms with Crippen LogP contribution in [-0.4, -0.2) is 12.1 Å². The summed E-state index contributed by atoms with van der Waals surface area (Å²) in [5.74, 6) is 0.868. The van der Waals surface area contributed by atoms with Gasteiger partial charge in [-0.1, -0.05) is 6.08 Å². The van der Waals surface area contributed by atoms with Gasteiger partial charge in [-0.3, -0.25) is 0 Å². The van der Waals surface area contributed by atoms with Gasteiger partial charge in [0.25, 0.3) is 0 Å². The first-order chi connectivity index (χ1) is 6.47. The van der Waals surface area contributed by atoms with Crippen molar-refractivity contribution in [1.29, 1.82) is 0 Å². The zero-order valence-corrected chi connectivity index (χ0v) is 10.4. The molecule has 3 heteroatoms. The molecule has 1 aromatic rings. The monoisotopic (exact) mass is 257 g/mol. The van der Waals surface area contributed by atoms with Gasteiger partial charge in [0.05, 0.1) is 0 Å². The van der Waals surface area contributed by atoms with E-state index in [2.05, 4.69) is 48.1 Å². The molecular formula is C11H16BrNO. The van der Waals surface area contributed by atoms with E-state index in [-0.39, 0.29) is 5.54 Å². The Morgan fingerprint density at radius 2 is 2.14 bits per heavy atom. The Bertz CT molecular complexity index is 309. The minimum absolute atomic E-state index is 0.161. The molecule has 0 saturated heterocycles. The molecule has 1 aromatic heterocycles. The molecule has 0 bridgehead atoms. The standard InChI is InChI=1S/C11H16BrNO/c1-11(2,3)13-8-4-5-9-6-7-10(12)14-9/h4-7,13H,8H2,1-3H3. The van der Waals surface area contributed by atoms with Gasteiger partial charge in [-0.25, -0.2) is 0 Å². The summed E-state index contributed by atoms with van der Waals surface area (Å²) in [5, 5.41) is 3.36. The molecule has 0 aliphatic carbocycles. The predicted molar refractivity (Wildman–Crippen MR) is 63.2 cm³/mol. The molecule has 0 amide bonds. The molecule has 0 saturated carbocycles. The number of halogens is 1. The van der Waals surface area contributed by atoms with Crippen LogP contribution in [0.5, 0.6) is 0 Å². The number of rotatable bonds is 3. The van der Waals surface area contributed by atoms with E-state index in [1.165, 1.54) is 0 Å². The summed E-state index contributed by atoms with van der Waals surface area (Å²) in [6.45, 7) is 7.28. The summed E-state index contributed by atoms with van der Waals surface area (Å²) >= 11 is 3.26. The van der Waals surface area contributed by atoms with E-state index in [1.807, 2.05) is 18.2 Å². The van der Waals surface area contributed by atoms with Crippen molar-refractivity contribution in [2.45, 2.75) is 26.3 Å². The van der Waals surface area contributed by atoms with E-state index in [1.54, 1.807) is 0 Å². The number of hydrogen-bond donors (Lipinski definition) is 1. The van der Waals surface area contributed by atoms with Crippen LogP contribution in [0.1, 0.15) is 26.5 Å². The highest BCUT2D eigenvalue weighted by Gasteiger charge is 2.05. The second-order valence-electron chi connectivity index (χ2n) is 4.18. The molecule has 0 aromatic carbocycles. The van der Waals surface area contributed by atoms with Crippen LogP contribution >= 0.6 is 15.9 Å². The van der Waals surface area contributed by atoms with Crippen LogP contribution < -0.4 is 5.32 Å². The van der Waals surface area contributed by atoms with E-state index in [0.717, 1.165) is 17.0 Å². The summed E-state index contributed by atoms with van der Waals surface area (Å²) < 4.78 is 6.08. The maximum atomic E-state index is 5.32. The third-order valence-corrected chi connectivity index (χ3v) is 2.05. The van der Waals surface area contributed by atoms with E-state index >= 15 is 0 Å². The third kappa shape index (κ3) is 4.63. The molecule has 0 aliphatic rings. The van der Waals surface area contributed by atoms with Gasteiger partial charge in [0.15, 0.2) is 4.67 Å². The molecule has 0 spiro atoms. The zero-order valence-electron chi connectivity index (χ0n) is 8.80. The molecule has 1 rings (SSSR count). The van der Waals surface area contributed by atoms with Crippen molar-refractivity contribution < 1.29 is 4.42 Å². The fraction of sp³-hybridized carbons (Fsp3) is 0.455. The van der Waals surface area contributed by atoms with Gasteiger partial charge >= 0.3 is 0 Å². The Morgan fingerprint density at radius 1 is 1.43 bits per heavy atom. The largest absolute Gasteiger partial charge is 0.450 e. The number of furan rings is 1. The van der Waals surface area contributed by atoms with Crippen LogP contribution in [0.25, 0.3) is 6.08 Å². The highest BCUT2D eigenvalue weighted by Crippen LogP contribution is 2.14. The van der Waals surface area contributed by atoms with Crippen LogP contribution in [0, 0.1) is 0 Å². The van der Waals surface area contributed by atoms with Crippen LogP contribution in [0.3, 0.4) is 0 Å². The molecule has 78 valence electrons. The van der Waals surface area contributed by atoms with E-state index < -0.39 is 0 Å². The first-order valence-corrected chi connectivity index (χ1v) is 5.43. The van der Waals surface area contributed by atoms with E-state index in [0.29, 0.717) is 0 Å². The van der Waals surface area contributed by atoms with Crippen LogP contribution in [0.2, 0.25) is 0 Å². The Morgan fingerprint density at radius 3 is 2.64 bits per heavy atom. The molecule has 1 heterocycles.